The molecule has 1 heterocycles. The van der Waals surface area contributed by atoms with Crippen molar-refractivity contribution in [3.8, 4) is 17.4 Å². The average molecular weight is 610 g/mol. The van der Waals surface area contributed by atoms with Crippen LogP contribution in [0.2, 0.25) is 0 Å². The Morgan fingerprint density at radius 3 is 1.78 bits per heavy atom. The summed E-state index contributed by atoms with van der Waals surface area (Å²) < 4.78 is 11.8. The smallest absolute Gasteiger partial charge is 0.199 e. The number of H-pyrrole nitrogens is 1. The fourth-order valence-electron chi connectivity index (χ4n) is 6.01. The number of fused-ring (bicyclic) bond motifs is 1. The van der Waals surface area contributed by atoms with Crippen molar-refractivity contribution in [2.24, 2.45) is 10.7 Å². The summed E-state index contributed by atoms with van der Waals surface area (Å²) in [5.74, 6) is 1.26. The minimum absolute atomic E-state index is 0.0250. The Hall–Kier alpha value is -5.33. The third-order valence-corrected chi connectivity index (χ3v) is 8.13. The molecule has 46 heavy (non-hydrogen) atoms. The number of ether oxygens (including phenoxy) is 2. The molecule has 0 spiro atoms. The third-order valence-electron chi connectivity index (χ3n) is 8.13. The standard InChI is InChI=1S/C40H39N3O3/c1-3-45-35-24-33-34(25-36(35)46-4-2)43-39(44)37(33)38(30-18-12-7-13-19-30)42-32-22-20-31(21-23-32)40(41,26-28-14-8-5-9-15-28)27-29-16-10-6-11-17-29/h5-25,43-44H,3-4,26-27,41H2,1-2H3. The maximum Gasteiger partial charge on any atom is 0.199 e. The molecule has 6 nitrogen and oxygen atoms in total. The normalized spacial score (nSPS) is 11.9. The van der Waals surface area contributed by atoms with Gasteiger partial charge in [0.05, 0.1) is 35.7 Å². The summed E-state index contributed by atoms with van der Waals surface area (Å²) in [6.07, 6.45) is 1.38. The minimum Gasteiger partial charge on any atom is -0.494 e. The first kappa shape index (κ1) is 30.7. The molecule has 0 radical (unpaired) electrons. The maximum atomic E-state index is 11.3. The highest BCUT2D eigenvalue weighted by atomic mass is 16.5. The maximum absolute atomic E-state index is 11.3. The summed E-state index contributed by atoms with van der Waals surface area (Å²) in [6.45, 7) is 4.85. The van der Waals surface area contributed by atoms with Crippen molar-refractivity contribution >= 4 is 22.3 Å². The van der Waals surface area contributed by atoms with E-state index in [9.17, 15) is 5.11 Å². The number of nitrogens with zero attached hydrogens (tertiary/aromatic N) is 1. The lowest BCUT2D eigenvalue weighted by atomic mass is 9.80. The second-order valence-corrected chi connectivity index (χ2v) is 11.4. The van der Waals surface area contributed by atoms with E-state index in [2.05, 4.69) is 65.6 Å². The van der Waals surface area contributed by atoms with Crippen LogP contribution in [-0.2, 0) is 18.4 Å². The van der Waals surface area contributed by atoms with E-state index in [0.717, 1.165) is 27.7 Å². The number of nitrogens with two attached hydrogens (primary N) is 1. The monoisotopic (exact) mass is 609 g/mol. The molecule has 6 aromatic rings. The molecule has 0 saturated heterocycles. The topological polar surface area (TPSA) is 92.9 Å². The average Bonchev–Trinajstić information content (AvgIpc) is 3.39. The quantitative estimate of drug-likeness (QED) is 0.121. The molecule has 0 aliphatic heterocycles. The lowest BCUT2D eigenvalue weighted by Gasteiger charge is -2.31. The van der Waals surface area contributed by atoms with E-state index >= 15 is 0 Å². The van der Waals surface area contributed by atoms with E-state index in [-0.39, 0.29) is 5.88 Å². The summed E-state index contributed by atoms with van der Waals surface area (Å²) in [7, 11) is 0. The van der Waals surface area contributed by atoms with Crippen molar-refractivity contribution in [1.82, 2.24) is 4.98 Å². The zero-order chi connectivity index (χ0) is 31.9. The number of aromatic amines is 1. The van der Waals surface area contributed by atoms with Gasteiger partial charge in [-0.2, -0.15) is 0 Å². The van der Waals surface area contributed by atoms with Crippen LogP contribution in [0.5, 0.6) is 17.4 Å². The SMILES string of the molecule is CCOc1cc2[nH]c(O)c(C(=Nc3ccc(C(N)(Cc4ccccc4)Cc4ccccc4)cc3)c3ccccc3)c2cc1OCC. The molecule has 232 valence electrons. The third kappa shape index (κ3) is 6.67. The summed E-state index contributed by atoms with van der Waals surface area (Å²) in [6, 6.07) is 42.6. The fourth-order valence-corrected chi connectivity index (χ4v) is 6.01. The number of aromatic nitrogens is 1. The van der Waals surface area contributed by atoms with Crippen molar-refractivity contribution < 1.29 is 14.6 Å². The van der Waals surface area contributed by atoms with Crippen molar-refractivity contribution in [3.63, 3.8) is 0 Å². The number of aliphatic imine (C=N–C) groups is 1. The number of benzene rings is 5. The van der Waals surface area contributed by atoms with Gasteiger partial charge in [-0.15, -0.1) is 0 Å². The molecule has 0 bridgehead atoms. The number of hydrogen-bond donors (Lipinski definition) is 3. The zero-order valence-corrected chi connectivity index (χ0v) is 26.2. The Bertz CT molecular complexity index is 1870. The largest absolute Gasteiger partial charge is 0.494 e. The van der Waals surface area contributed by atoms with Crippen molar-refractivity contribution in [3.05, 3.63) is 155 Å². The highest BCUT2D eigenvalue weighted by Gasteiger charge is 2.28. The van der Waals surface area contributed by atoms with E-state index in [1.807, 2.05) is 80.6 Å². The minimum atomic E-state index is -0.629. The summed E-state index contributed by atoms with van der Waals surface area (Å²) in [5.41, 5.74) is 13.6. The molecule has 6 rings (SSSR count). The van der Waals surface area contributed by atoms with Crippen LogP contribution in [0.4, 0.5) is 5.69 Å². The molecule has 0 unspecified atom stereocenters. The molecule has 0 saturated carbocycles. The van der Waals surface area contributed by atoms with Crippen LogP contribution in [0.25, 0.3) is 10.9 Å². The van der Waals surface area contributed by atoms with Gasteiger partial charge in [0, 0.05) is 22.6 Å². The first-order valence-corrected chi connectivity index (χ1v) is 15.7. The number of rotatable bonds is 12. The summed E-state index contributed by atoms with van der Waals surface area (Å²) in [4.78, 5) is 8.26. The molecule has 0 aliphatic rings. The number of aromatic hydroxyl groups is 1. The van der Waals surface area contributed by atoms with E-state index in [0.29, 0.717) is 48.8 Å². The van der Waals surface area contributed by atoms with Crippen molar-refractivity contribution in [2.45, 2.75) is 32.2 Å². The molecule has 0 aliphatic carbocycles. The predicted molar refractivity (Wildman–Crippen MR) is 187 cm³/mol. The zero-order valence-electron chi connectivity index (χ0n) is 26.2. The molecular weight excluding hydrogens is 570 g/mol. The van der Waals surface area contributed by atoms with Gasteiger partial charge in [-0.05, 0) is 61.6 Å². The molecule has 5 aromatic carbocycles. The Kier molecular flexibility index (Phi) is 9.18. The highest BCUT2D eigenvalue weighted by molar-refractivity contribution is 6.22. The van der Waals surface area contributed by atoms with Gasteiger partial charge < -0.3 is 25.3 Å². The van der Waals surface area contributed by atoms with Crippen LogP contribution in [0, 0.1) is 0 Å². The van der Waals surface area contributed by atoms with Gasteiger partial charge in [-0.25, -0.2) is 4.99 Å². The Morgan fingerprint density at radius 2 is 1.24 bits per heavy atom. The Morgan fingerprint density at radius 1 is 0.717 bits per heavy atom. The van der Waals surface area contributed by atoms with E-state index in [1.54, 1.807) is 0 Å². The lowest BCUT2D eigenvalue weighted by molar-refractivity contribution is 0.288. The highest BCUT2D eigenvalue weighted by Crippen LogP contribution is 2.39. The Labute approximate surface area is 270 Å². The Balaban J connectivity index is 1.43. The van der Waals surface area contributed by atoms with E-state index < -0.39 is 5.54 Å². The first-order chi connectivity index (χ1) is 22.5. The van der Waals surface area contributed by atoms with Gasteiger partial charge in [0.2, 0.25) is 0 Å². The van der Waals surface area contributed by atoms with Crippen molar-refractivity contribution in [1.29, 1.82) is 0 Å². The second-order valence-electron chi connectivity index (χ2n) is 11.4. The van der Waals surface area contributed by atoms with Gasteiger partial charge in [-0.1, -0.05) is 103 Å². The summed E-state index contributed by atoms with van der Waals surface area (Å²) >= 11 is 0. The van der Waals surface area contributed by atoms with Gasteiger partial charge in [0.1, 0.15) is 0 Å². The van der Waals surface area contributed by atoms with Crippen LogP contribution in [-0.4, -0.2) is 29.0 Å². The van der Waals surface area contributed by atoms with Gasteiger partial charge in [0.25, 0.3) is 0 Å². The van der Waals surface area contributed by atoms with Crippen LogP contribution < -0.4 is 15.2 Å². The number of nitrogens with one attached hydrogen (secondary N) is 1. The molecule has 4 N–H and O–H groups in total. The van der Waals surface area contributed by atoms with E-state index in [1.165, 1.54) is 11.1 Å². The summed E-state index contributed by atoms with van der Waals surface area (Å²) in [5, 5.41) is 12.1. The lowest BCUT2D eigenvalue weighted by Crippen LogP contribution is -2.41. The first-order valence-electron chi connectivity index (χ1n) is 15.7. The van der Waals surface area contributed by atoms with Crippen LogP contribution in [0.1, 0.15) is 41.7 Å². The predicted octanol–water partition coefficient (Wildman–Crippen LogP) is 8.48. The van der Waals surface area contributed by atoms with Crippen LogP contribution in [0.15, 0.2) is 132 Å². The number of hydrogen-bond acceptors (Lipinski definition) is 5. The van der Waals surface area contributed by atoms with Gasteiger partial charge in [-0.3, -0.25) is 0 Å². The van der Waals surface area contributed by atoms with Crippen molar-refractivity contribution in [2.75, 3.05) is 13.2 Å². The molecule has 0 atom stereocenters. The molecule has 6 heteroatoms. The fraction of sp³-hybridized carbons (Fsp3) is 0.175. The molecular formula is C40H39N3O3. The van der Waals surface area contributed by atoms with E-state index in [4.69, 9.17) is 20.2 Å². The molecule has 0 fully saturated rings. The van der Waals surface area contributed by atoms with Gasteiger partial charge in [0.15, 0.2) is 17.4 Å². The second kappa shape index (κ2) is 13.8. The van der Waals surface area contributed by atoms with Gasteiger partial charge >= 0.3 is 0 Å². The molecule has 1 aromatic heterocycles. The van der Waals surface area contributed by atoms with Crippen LogP contribution in [0.3, 0.4) is 0 Å². The van der Waals surface area contributed by atoms with Crippen LogP contribution >= 0.6 is 0 Å². The molecule has 0 amide bonds.